The van der Waals surface area contributed by atoms with Crippen molar-refractivity contribution in [3.63, 3.8) is 0 Å². The highest BCUT2D eigenvalue weighted by atomic mass is 79.9. The lowest BCUT2D eigenvalue weighted by atomic mass is 9.85. The van der Waals surface area contributed by atoms with Crippen LogP contribution < -0.4 is 0 Å². The number of carbonyl (C=O) groups is 1. The van der Waals surface area contributed by atoms with Crippen LogP contribution in [0.4, 0.5) is 4.79 Å². The molecule has 1 aromatic heterocycles. The van der Waals surface area contributed by atoms with Crippen LogP contribution in [0.5, 0.6) is 0 Å². The van der Waals surface area contributed by atoms with E-state index in [9.17, 15) is 4.79 Å². The molecule has 0 bridgehead atoms. The van der Waals surface area contributed by atoms with Crippen molar-refractivity contribution in [2.45, 2.75) is 58.2 Å². The second-order valence-electron chi connectivity index (χ2n) is 7.69. The molecule has 0 aromatic carbocycles. The summed E-state index contributed by atoms with van der Waals surface area (Å²) in [5.41, 5.74) is 0.660. The number of rotatable bonds is 2. The van der Waals surface area contributed by atoms with E-state index in [1.54, 1.807) is 0 Å². The Labute approximate surface area is 151 Å². The van der Waals surface area contributed by atoms with Crippen molar-refractivity contribution < 1.29 is 9.53 Å². The van der Waals surface area contributed by atoms with E-state index in [-0.39, 0.29) is 6.09 Å². The minimum Gasteiger partial charge on any atom is -0.444 e. The first-order valence-corrected chi connectivity index (χ1v) is 9.33. The SMILES string of the molecule is Cc1c(Br)nnn1C1CC(N2CCN(C(=O)OC(C)(C)C)CC2)C1. The van der Waals surface area contributed by atoms with E-state index in [1.165, 1.54) is 0 Å². The van der Waals surface area contributed by atoms with Crippen LogP contribution in [0.2, 0.25) is 0 Å². The van der Waals surface area contributed by atoms with Gasteiger partial charge in [0.05, 0.1) is 11.7 Å². The summed E-state index contributed by atoms with van der Waals surface area (Å²) >= 11 is 3.42. The molecule has 1 saturated carbocycles. The molecule has 24 heavy (non-hydrogen) atoms. The van der Waals surface area contributed by atoms with Crippen LogP contribution in [0.15, 0.2) is 4.60 Å². The van der Waals surface area contributed by atoms with Gasteiger partial charge in [0.25, 0.3) is 0 Å². The third-order valence-electron chi connectivity index (χ3n) is 4.79. The Bertz CT molecular complexity index is 598. The molecule has 134 valence electrons. The summed E-state index contributed by atoms with van der Waals surface area (Å²) in [5, 5.41) is 8.29. The van der Waals surface area contributed by atoms with Gasteiger partial charge in [0, 0.05) is 32.2 Å². The molecule has 0 unspecified atom stereocenters. The number of hydrogen-bond donors (Lipinski definition) is 0. The monoisotopic (exact) mass is 399 g/mol. The zero-order valence-electron chi connectivity index (χ0n) is 14.8. The summed E-state index contributed by atoms with van der Waals surface area (Å²) in [5.74, 6) is 0. The molecular weight excluding hydrogens is 374 g/mol. The zero-order chi connectivity index (χ0) is 17.5. The first kappa shape index (κ1) is 17.7. The second-order valence-corrected chi connectivity index (χ2v) is 8.44. The molecule has 0 atom stereocenters. The minimum atomic E-state index is -0.431. The van der Waals surface area contributed by atoms with Crippen molar-refractivity contribution in [3.8, 4) is 0 Å². The summed E-state index contributed by atoms with van der Waals surface area (Å²) in [6.45, 7) is 11.1. The smallest absolute Gasteiger partial charge is 0.410 e. The van der Waals surface area contributed by atoms with Gasteiger partial charge in [-0.05, 0) is 56.5 Å². The standard InChI is InChI=1S/C16H26BrN5O2/c1-11-14(17)18-19-22(11)13-9-12(10-13)20-5-7-21(8-6-20)15(23)24-16(2,3)4/h12-13H,5-10H2,1-4H3. The molecule has 7 nitrogen and oxygen atoms in total. The molecule has 0 N–H and O–H groups in total. The molecule has 3 rings (SSSR count). The number of halogens is 1. The predicted molar refractivity (Wildman–Crippen MR) is 93.9 cm³/mol. The Morgan fingerprint density at radius 3 is 2.29 bits per heavy atom. The van der Waals surface area contributed by atoms with Gasteiger partial charge in [-0.15, -0.1) is 5.10 Å². The van der Waals surface area contributed by atoms with E-state index in [0.29, 0.717) is 12.1 Å². The average molecular weight is 400 g/mol. The van der Waals surface area contributed by atoms with Crippen LogP contribution in [-0.2, 0) is 4.74 Å². The van der Waals surface area contributed by atoms with Crippen LogP contribution in [0.25, 0.3) is 0 Å². The van der Waals surface area contributed by atoms with Gasteiger partial charge in [-0.3, -0.25) is 4.90 Å². The fourth-order valence-corrected chi connectivity index (χ4v) is 3.57. The lowest BCUT2D eigenvalue weighted by Gasteiger charge is -2.46. The highest BCUT2D eigenvalue weighted by Gasteiger charge is 2.38. The molecule has 1 aliphatic heterocycles. The van der Waals surface area contributed by atoms with E-state index in [1.807, 2.05) is 37.3 Å². The van der Waals surface area contributed by atoms with Gasteiger partial charge in [0.15, 0.2) is 4.60 Å². The fourth-order valence-electron chi connectivity index (χ4n) is 3.32. The third-order valence-corrected chi connectivity index (χ3v) is 5.52. The van der Waals surface area contributed by atoms with Crippen LogP contribution in [-0.4, -0.2) is 68.7 Å². The van der Waals surface area contributed by atoms with Gasteiger partial charge >= 0.3 is 6.09 Å². The molecule has 1 aliphatic carbocycles. The zero-order valence-corrected chi connectivity index (χ0v) is 16.4. The number of piperazine rings is 1. The highest BCUT2D eigenvalue weighted by molar-refractivity contribution is 9.10. The van der Waals surface area contributed by atoms with E-state index < -0.39 is 5.60 Å². The Morgan fingerprint density at radius 1 is 1.17 bits per heavy atom. The van der Waals surface area contributed by atoms with Crippen LogP contribution >= 0.6 is 15.9 Å². The summed E-state index contributed by atoms with van der Waals surface area (Å²) < 4.78 is 8.30. The van der Waals surface area contributed by atoms with Crippen molar-refractivity contribution in [1.29, 1.82) is 0 Å². The number of nitrogens with zero attached hydrogens (tertiary/aromatic N) is 5. The van der Waals surface area contributed by atoms with Crippen molar-refractivity contribution in [1.82, 2.24) is 24.8 Å². The van der Waals surface area contributed by atoms with Crippen LogP contribution in [0.1, 0.15) is 45.3 Å². The maximum atomic E-state index is 12.1. The molecule has 1 amide bonds. The minimum absolute atomic E-state index is 0.197. The summed E-state index contributed by atoms with van der Waals surface area (Å²) in [4.78, 5) is 16.4. The molecule has 2 aliphatic rings. The highest BCUT2D eigenvalue weighted by Crippen LogP contribution is 2.37. The van der Waals surface area contributed by atoms with Crippen LogP contribution in [0, 0.1) is 6.92 Å². The normalized spacial score (nSPS) is 25.5. The number of aromatic nitrogens is 3. The topological polar surface area (TPSA) is 63.5 Å². The molecule has 2 heterocycles. The van der Waals surface area contributed by atoms with Crippen molar-refractivity contribution in [2.75, 3.05) is 26.2 Å². The number of ether oxygens (including phenoxy) is 1. The van der Waals surface area contributed by atoms with Gasteiger partial charge < -0.3 is 9.64 Å². The van der Waals surface area contributed by atoms with Gasteiger partial charge in [0.2, 0.25) is 0 Å². The second kappa shape index (κ2) is 6.63. The maximum Gasteiger partial charge on any atom is 0.410 e. The Morgan fingerprint density at radius 2 is 1.79 bits per heavy atom. The average Bonchev–Trinajstić information content (AvgIpc) is 2.77. The Balaban J connectivity index is 1.45. The molecule has 1 saturated heterocycles. The number of carbonyl (C=O) groups excluding carboxylic acids is 1. The van der Waals surface area contributed by atoms with Gasteiger partial charge in [-0.1, -0.05) is 5.21 Å². The first-order chi connectivity index (χ1) is 11.2. The Kier molecular flexibility index (Phi) is 4.88. The predicted octanol–water partition coefficient (Wildman–Crippen LogP) is 2.61. The van der Waals surface area contributed by atoms with Crippen LogP contribution in [0.3, 0.4) is 0 Å². The van der Waals surface area contributed by atoms with Gasteiger partial charge in [-0.25, -0.2) is 9.48 Å². The van der Waals surface area contributed by atoms with E-state index in [4.69, 9.17) is 4.74 Å². The van der Waals surface area contributed by atoms with E-state index in [2.05, 4.69) is 31.1 Å². The van der Waals surface area contributed by atoms with Crippen molar-refractivity contribution >= 4 is 22.0 Å². The molecule has 0 spiro atoms. The first-order valence-electron chi connectivity index (χ1n) is 8.54. The molecule has 1 aromatic rings. The molecule has 8 heteroatoms. The third kappa shape index (κ3) is 3.74. The van der Waals surface area contributed by atoms with E-state index >= 15 is 0 Å². The number of hydrogen-bond acceptors (Lipinski definition) is 5. The lowest BCUT2D eigenvalue weighted by molar-refractivity contribution is -0.00173. The molecule has 0 radical (unpaired) electrons. The quantitative estimate of drug-likeness (QED) is 0.764. The summed E-state index contributed by atoms with van der Waals surface area (Å²) in [6, 6.07) is 1.02. The fraction of sp³-hybridized carbons (Fsp3) is 0.812. The molecular formula is C16H26BrN5O2. The largest absolute Gasteiger partial charge is 0.444 e. The summed E-state index contributed by atoms with van der Waals surface area (Å²) in [7, 11) is 0. The molecule has 2 fully saturated rings. The van der Waals surface area contributed by atoms with Crippen molar-refractivity contribution in [2.24, 2.45) is 0 Å². The summed E-state index contributed by atoms with van der Waals surface area (Å²) in [6.07, 6.45) is 2.00. The van der Waals surface area contributed by atoms with Gasteiger partial charge in [-0.2, -0.15) is 0 Å². The number of amides is 1. The maximum absolute atomic E-state index is 12.1. The van der Waals surface area contributed by atoms with Gasteiger partial charge in [0.1, 0.15) is 5.60 Å². The van der Waals surface area contributed by atoms with E-state index in [0.717, 1.165) is 49.3 Å². The van der Waals surface area contributed by atoms with Crippen molar-refractivity contribution in [3.05, 3.63) is 10.3 Å². The Hall–Kier alpha value is -1.15. The lowest BCUT2D eigenvalue weighted by Crippen LogP contribution is -2.55.